The molecule has 1 amide bonds. The number of benzene rings is 2. The van der Waals surface area contributed by atoms with E-state index in [1.807, 2.05) is 13.8 Å². The summed E-state index contributed by atoms with van der Waals surface area (Å²) in [4.78, 5) is 52.8. The van der Waals surface area contributed by atoms with E-state index in [0.717, 1.165) is 28.8 Å². The van der Waals surface area contributed by atoms with Crippen LogP contribution in [-0.2, 0) is 9.59 Å². The maximum absolute atomic E-state index is 17.3. The predicted molar refractivity (Wildman–Crippen MR) is 176 cm³/mol. The van der Waals surface area contributed by atoms with Crippen molar-refractivity contribution in [1.82, 2.24) is 14.5 Å². The van der Waals surface area contributed by atoms with Crippen LogP contribution in [-0.4, -0.2) is 69.7 Å². The third-order valence-corrected chi connectivity index (χ3v) is 9.19. The number of nitrogens with zero attached hydrogens (tertiary/aromatic N) is 5. The molecule has 1 saturated heterocycles. The third-order valence-electron chi connectivity index (χ3n) is 9.19. The zero-order valence-corrected chi connectivity index (χ0v) is 27.1. The summed E-state index contributed by atoms with van der Waals surface area (Å²) in [5.74, 6) is -6.54. The Morgan fingerprint density at radius 2 is 1.82 bits per heavy atom. The number of fused-ring (bicyclic) bond motifs is 5. The van der Waals surface area contributed by atoms with E-state index in [0.29, 0.717) is 11.3 Å². The van der Waals surface area contributed by atoms with Crippen molar-refractivity contribution in [2.24, 2.45) is 0 Å². The minimum absolute atomic E-state index is 0.00772. The highest BCUT2D eigenvalue weighted by Gasteiger charge is 2.43. The van der Waals surface area contributed by atoms with Gasteiger partial charge in [-0.3, -0.25) is 28.9 Å². The highest BCUT2D eigenvalue weighted by Crippen LogP contribution is 2.46. The molecular weight excluding hydrogens is 646 g/mol. The van der Waals surface area contributed by atoms with Crippen LogP contribution < -0.4 is 20.3 Å². The molecule has 6 rings (SSSR count). The SMILES string of the molecule is C=CC(=O)N1C[C@@H]2CN(CC(=O)O)c3c(c4cc(F)c(-c5c(F)cccc5OF)c(F)c4n(-c4c(C)ccnc4C(C)C)c3=O)N2C[C@H]1C. The van der Waals surface area contributed by atoms with E-state index in [4.69, 9.17) is 0 Å². The van der Waals surface area contributed by atoms with Gasteiger partial charge in [0.05, 0.1) is 39.8 Å². The predicted octanol–water partition coefficient (Wildman–Crippen LogP) is 5.66. The number of pyridine rings is 2. The number of hydrogen-bond acceptors (Lipinski definition) is 7. The summed E-state index contributed by atoms with van der Waals surface area (Å²) in [5.41, 5.74) is -2.10. The van der Waals surface area contributed by atoms with Crippen molar-refractivity contribution in [3.8, 4) is 22.6 Å². The Hall–Kier alpha value is -5.40. The molecule has 0 spiro atoms. The molecule has 4 aromatic rings. The standard InChI is InChI=1S/C35H33F4N5O5/c1-6-25(45)42-15-20-14-41(16-26(46)47)34-33(43(20)13-19(42)5)21-12-23(37)28(27-22(36)8-7-9-24(27)49-39)29(38)32(21)44(35(34)48)31-18(4)10-11-40-30(31)17(2)3/h6-12,17,19-20H,1,13-16H2,2-5H3,(H,46,47)/t19-,20+/m1/s1. The fraction of sp³-hybridized carbons (Fsp3) is 0.314. The minimum Gasteiger partial charge on any atom is -0.480 e. The molecule has 2 aromatic heterocycles. The zero-order chi connectivity index (χ0) is 35.5. The highest BCUT2D eigenvalue weighted by molar-refractivity contribution is 6.03. The Balaban J connectivity index is 1.81. The van der Waals surface area contributed by atoms with Crippen molar-refractivity contribution in [1.29, 1.82) is 0 Å². The Labute approximate surface area is 278 Å². The smallest absolute Gasteiger partial charge is 0.323 e. The van der Waals surface area contributed by atoms with Crippen LogP contribution in [0.5, 0.6) is 5.75 Å². The first kappa shape index (κ1) is 33.5. The van der Waals surface area contributed by atoms with E-state index in [1.165, 1.54) is 17.2 Å². The maximum Gasteiger partial charge on any atom is 0.323 e. The zero-order valence-electron chi connectivity index (χ0n) is 27.1. The van der Waals surface area contributed by atoms with E-state index in [9.17, 15) is 24.0 Å². The summed E-state index contributed by atoms with van der Waals surface area (Å²) in [5, 5.41) is 9.81. The first-order chi connectivity index (χ1) is 23.3. The maximum atomic E-state index is 17.3. The molecule has 2 aliphatic rings. The number of carboxylic acids is 1. The lowest BCUT2D eigenvalue weighted by molar-refractivity contribution is -0.135. The van der Waals surface area contributed by atoms with Gasteiger partial charge in [0.25, 0.3) is 5.56 Å². The average molecular weight is 680 g/mol. The number of carbonyl (C=O) groups is 2. The lowest BCUT2D eigenvalue weighted by Crippen LogP contribution is -2.64. The first-order valence-electron chi connectivity index (χ1n) is 15.6. The molecule has 0 bridgehead atoms. The average Bonchev–Trinajstić information content (AvgIpc) is 3.05. The Morgan fingerprint density at radius 1 is 1.08 bits per heavy atom. The van der Waals surface area contributed by atoms with Crippen LogP contribution >= 0.6 is 0 Å². The van der Waals surface area contributed by atoms with Gasteiger partial charge in [-0.15, -0.1) is 0 Å². The lowest BCUT2D eigenvalue weighted by Gasteiger charge is -2.51. The molecule has 4 heterocycles. The second-order valence-electron chi connectivity index (χ2n) is 12.6. The molecule has 10 nitrogen and oxygen atoms in total. The molecule has 0 radical (unpaired) electrons. The van der Waals surface area contributed by atoms with Gasteiger partial charge in [0.2, 0.25) is 5.91 Å². The molecule has 0 saturated carbocycles. The van der Waals surface area contributed by atoms with Gasteiger partial charge in [-0.1, -0.05) is 26.5 Å². The van der Waals surface area contributed by atoms with Crippen molar-refractivity contribution in [2.75, 3.05) is 36.0 Å². The summed E-state index contributed by atoms with van der Waals surface area (Å²) in [6, 6.07) is 4.51. The molecule has 1 fully saturated rings. The van der Waals surface area contributed by atoms with Gasteiger partial charge in [-0.05, 0) is 55.7 Å². The number of rotatable bonds is 7. The van der Waals surface area contributed by atoms with Gasteiger partial charge < -0.3 is 19.8 Å². The monoisotopic (exact) mass is 679 g/mol. The number of aryl methyl sites for hydroxylation is 1. The number of carboxylic acid groups (broad SMARTS) is 1. The molecule has 1 N–H and O–H groups in total. The Morgan fingerprint density at radius 3 is 2.47 bits per heavy atom. The molecule has 0 aliphatic carbocycles. The van der Waals surface area contributed by atoms with Crippen LogP contribution in [0.4, 0.5) is 29.1 Å². The molecule has 2 atom stereocenters. The van der Waals surface area contributed by atoms with Crippen LogP contribution in [0, 0.1) is 24.4 Å². The van der Waals surface area contributed by atoms with Crippen LogP contribution in [0.1, 0.15) is 37.9 Å². The van der Waals surface area contributed by atoms with Crippen molar-refractivity contribution >= 4 is 34.2 Å². The van der Waals surface area contributed by atoms with E-state index < -0.39 is 70.0 Å². The molecule has 49 heavy (non-hydrogen) atoms. The van der Waals surface area contributed by atoms with Gasteiger partial charge in [0, 0.05) is 41.8 Å². The van der Waals surface area contributed by atoms with Crippen LogP contribution in [0.3, 0.4) is 0 Å². The number of aliphatic carboxylic acids is 1. The number of anilines is 2. The van der Waals surface area contributed by atoms with E-state index in [1.54, 1.807) is 29.7 Å². The second-order valence-corrected chi connectivity index (χ2v) is 12.6. The second kappa shape index (κ2) is 12.6. The Kier molecular flexibility index (Phi) is 8.59. The molecular formula is C35H33F4N5O5. The number of halogens is 4. The molecule has 14 heteroatoms. The number of aromatic nitrogens is 2. The summed E-state index contributed by atoms with van der Waals surface area (Å²) in [6.07, 6.45) is 2.69. The van der Waals surface area contributed by atoms with Gasteiger partial charge in [-0.2, -0.15) is 0 Å². The summed E-state index contributed by atoms with van der Waals surface area (Å²) < 4.78 is 63.7. The Bertz CT molecular complexity index is 2100. The van der Waals surface area contributed by atoms with Gasteiger partial charge in [0.1, 0.15) is 23.9 Å². The van der Waals surface area contributed by atoms with E-state index in [2.05, 4.69) is 16.5 Å². The van der Waals surface area contributed by atoms with Crippen molar-refractivity contribution in [2.45, 2.75) is 45.7 Å². The summed E-state index contributed by atoms with van der Waals surface area (Å²) in [6.45, 7) is 10.2. The van der Waals surface area contributed by atoms with Gasteiger partial charge >= 0.3 is 5.97 Å². The van der Waals surface area contributed by atoms with Gasteiger partial charge in [0.15, 0.2) is 11.6 Å². The molecule has 0 unspecified atom stereocenters. The van der Waals surface area contributed by atoms with Crippen molar-refractivity contribution in [3.63, 3.8) is 0 Å². The fourth-order valence-corrected chi connectivity index (χ4v) is 7.10. The first-order valence-corrected chi connectivity index (χ1v) is 15.6. The molecule has 256 valence electrons. The fourth-order valence-electron chi connectivity index (χ4n) is 7.10. The summed E-state index contributed by atoms with van der Waals surface area (Å²) in [7, 11) is 0. The number of carbonyl (C=O) groups excluding carboxylic acids is 1. The lowest BCUT2D eigenvalue weighted by atomic mass is 9.95. The summed E-state index contributed by atoms with van der Waals surface area (Å²) >= 11 is 0. The van der Waals surface area contributed by atoms with Crippen molar-refractivity contribution in [3.05, 3.63) is 88.2 Å². The van der Waals surface area contributed by atoms with Crippen LogP contribution in [0.2, 0.25) is 0 Å². The largest absolute Gasteiger partial charge is 0.480 e. The topological polar surface area (TPSA) is 108 Å². The minimum atomic E-state index is -1.38. The van der Waals surface area contributed by atoms with Crippen LogP contribution in [0.25, 0.3) is 27.7 Å². The molecule has 2 aromatic carbocycles. The molecule has 2 aliphatic heterocycles. The third kappa shape index (κ3) is 5.35. The number of amides is 1. The highest BCUT2D eigenvalue weighted by atomic mass is 19.3. The van der Waals surface area contributed by atoms with E-state index >= 15 is 13.2 Å². The van der Waals surface area contributed by atoms with Gasteiger partial charge in [-0.25, -0.2) is 13.2 Å². The van der Waals surface area contributed by atoms with Crippen LogP contribution in [0.15, 0.2) is 54.0 Å². The number of piperazine rings is 1. The van der Waals surface area contributed by atoms with E-state index in [-0.39, 0.29) is 53.9 Å². The normalized spacial score (nSPS) is 17.3. The van der Waals surface area contributed by atoms with Crippen molar-refractivity contribution < 1.29 is 37.3 Å². The number of hydrogen-bond donors (Lipinski definition) is 1. The quantitative estimate of drug-likeness (QED) is 0.197.